The number of aliphatic carboxylic acids is 1. The molecule has 1 aromatic heterocycles. The van der Waals surface area contributed by atoms with Crippen LogP contribution in [-0.2, 0) is 18.3 Å². The second kappa shape index (κ2) is 6.36. The fourth-order valence-electron chi connectivity index (χ4n) is 1.91. The molecule has 0 bridgehead atoms. The molecule has 0 radical (unpaired) electrons. The molecule has 19 heavy (non-hydrogen) atoms. The summed E-state index contributed by atoms with van der Waals surface area (Å²) in [4.78, 5) is 24.8. The van der Waals surface area contributed by atoms with Crippen molar-refractivity contribution in [3.05, 3.63) is 17.5 Å². The van der Waals surface area contributed by atoms with E-state index in [-0.39, 0.29) is 12.5 Å². The number of carboxylic acids is 1. The van der Waals surface area contributed by atoms with E-state index >= 15 is 0 Å². The third-order valence-electron chi connectivity index (χ3n) is 3.06. The number of aromatic nitrogens is 2. The Balaban J connectivity index is 2.92. The molecule has 0 fully saturated rings. The summed E-state index contributed by atoms with van der Waals surface area (Å²) in [5.41, 5.74) is 1.30. The Morgan fingerprint density at radius 3 is 2.58 bits per heavy atom. The van der Waals surface area contributed by atoms with Gasteiger partial charge in [-0.3, -0.25) is 14.3 Å². The SMILES string of the molecule is CCc1nn(C)cc1C(=O)N(CC)CC(C)C(=O)O. The summed E-state index contributed by atoms with van der Waals surface area (Å²) in [5.74, 6) is -1.63. The average molecular weight is 267 g/mol. The monoisotopic (exact) mass is 267 g/mol. The fourth-order valence-corrected chi connectivity index (χ4v) is 1.91. The first-order valence-electron chi connectivity index (χ1n) is 6.45. The summed E-state index contributed by atoms with van der Waals surface area (Å²) in [7, 11) is 1.77. The Labute approximate surface area is 113 Å². The van der Waals surface area contributed by atoms with E-state index in [4.69, 9.17) is 5.11 Å². The molecule has 0 aromatic carbocycles. The summed E-state index contributed by atoms with van der Waals surface area (Å²) in [5, 5.41) is 13.2. The lowest BCUT2D eigenvalue weighted by Gasteiger charge is -2.22. The highest BCUT2D eigenvalue weighted by atomic mass is 16.4. The van der Waals surface area contributed by atoms with Crippen molar-refractivity contribution in [2.75, 3.05) is 13.1 Å². The number of hydrogen-bond donors (Lipinski definition) is 1. The van der Waals surface area contributed by atoms with Crippen molar-refractivity contribution in [2.24, 2.45) is 13.0 Å². The van der Waals surface area contributed by atoms with E-state index < -0.39 is 11.9 Å². The van der Waals surface area contributed by atoms with Crippen LogP contribution in [0.5, 0.6) is 0 Å². The molecule has 0 spiro atoms. The number of carbonyl (C=O) groups is 2. The number of amides is 1. The van der Waals surface area contributed by atoms with E-state index in [1.807, 2.05) is 13.8 Å². The number of carbonyl (C=O) groups excluding carboxylic acids is 1. The zero-order chi connectivity index (χ0) is 14.6. The van der Waals surface area contributed by atoms with Gasteiger partial charge in [-0.15, -0.1) is 0 Å². The molecule has 1 aromatic rings. The summed E-state index contributed by atoms with van der Waals surface area (Å²) >= 11 is 0. The van der Waals surface area contributed by atoms with Gasteiger partial charge in [0.15, 0.2) is 0 Å². The first-order chi connectivity index (χ1) is 8.90. The largest absolute Gasteiger partial charge is 0.481 e. The molecule has 6 heteroatoms. The van der Waals surface area contributed by atoms with Crippen LogP contribution >= 0.6 is 0 Å². The van der Waals surface area contributed by atoms with Crippen LogP contribution in [0.1, 0.15) is 36.8 Å². The van der Waals surface area contributed by atoms with Gasteiger partial charge < -0.3 is 10.0 Å². The minimum absolute atomic E-state index is 0.152. The van der Waals surface area contributed by atoms with E-state index in [0.717, 1.165) is 5.69 Å². The van der Waals surface area contributed by atoms with Crippen molar-refractivity contribution >= 4 is 11.9 Å². The van der Waals surface area contributed by atoms with Gasteiger partial charge >= 0.3 is 5.97 Å². The zero-order valence-corrected chi connectivity index (χ0v) is 11.9. The van der Waals surface area contributed by atoms with Crippen molar-refractivity contribution in [3.63, 3.8) is 0 Å². The first-order valence-corrected chi connectivity index (χ1v) is 6.45. The van der Waals surface area contributed by atoms with Gasteiger partial charge in [-0.25, -0.2) is 0 Å². The van der Waals surface area contributed by atoms with Crippen molar-refractivity contribution in [1.82, 2.24) is 14.7 Å². The molecule has 1 atom stereocenters. The second-order valence-electron chi connectivity index (χ2n) is 4.60. The normalized spacial score (nSPS) is 12.2. The molecule has 1 rings (SSSR count). The van der Waals surface area contributed by atoms with Crippen LogP contribution in [0.4, 0.5) is 0 Å². The van der Waals surface area contributed by atoms with Gasteiger partial charge in [0.1, 0.15) is 0 Å². The molecule has 1 N–H and O–H groups in total. The van der Waals surface area contributed by atoms with Crippen LogP contribution in [0, 0.1) is 5.92 Å². The maximum Gasteiger partial charge on any atom is 0.308 e. The van der Waals surface area contributed by atoms with E-state index in [2.05, 4.69) is 5.10 Å². The minimum Gasteiger partial charge on any atom is -0.481 e. The average Bonchev–Trinajstić information content (AvgIpc) is 2.75. The number of aryl methyl sites for hydroxylation is 2. The van der Waals surface area contributed by atoms with E-state index in [9.17, 15) is 9.59 Å². The lowest BCUT2D eigenvalue weighted by molar-refractivity contribution is -0.141. The Morgan fingerprint density at radius 2 is 2.11 bits per heavy atom. The number of carboxylic acid groups (broad SMARTS) is 1. The number of nitrogens with zero attached hydrogens (tertiary/aromatic N) is 3. The maximum atomic E-state index is 12.4. The van der Waals surface area contributed by atoms with E-state index in [1.54, 1.807) is 29.7 Å². The topological polar surface area (TPSA) is 75.4 Å². The van der Waals surface area contributed by atoms with Crippen LogP contribution in [0.2, 0.25) is 0 Å². The zero-order valence-electron chi connectivity index (χ0n) is 11.9. The molecular weight excluding hydrogens is 246 g/mol. The molecule has 1 heterocycles. The molecule has 1 amide bonds. The van der Waals surface area contributed by atoms with Crippen molar-refractivity contribution in [2.45, 2.75) is 27.2 Å². The number of hydrogen-bond acceptors (Lipinski definition) is 3. The molecule has 6 nitrogen and oxygen atoms in total. The quantitative estimate of drug-likeness (QED) is 0.839. The summed E-state index contributed by atoms with van der Waals surface area (Å²) in [6.07, 6.45) is 2.36. The summed E-state index contributed by atoms with van der Waals surface area (Å²) in [6.45, 7) is 6.07. The van der Waals surface area contributed by atoms with Gasteiger partial charge in [-0.2, -0.15) is 5.10 Å². The molecule has 0 saturated heterocycles. The third-order valence-corrected chi connectivity index (χ3v) is 3.06. The highest BCUT2D eigenvalue weighted by Crippen LogP contribution is 2.12. The Bertz CT molecular complexity index is 468. The van der Waals surface area contributed by atoms with Gasteiger partial charge in [0.2, 0.25) is 0 Å². The predicted molar refractivity (Wildman–Crippen MR) is 71.0 cm³/mol. The first kappa shape index (κ1) is 15.2. The smallest absolute Gasteiger partial charge is 0.308 e. The van der Waals surface area contributed by atoms with Crippen LogP contribution < -0.4 is 0 Å². The maximum absolute atomic E-state index is 12.4. The second-order valence-corrected chi connectivity index (χ2v) is 4.60. The highest BCUT2D eigenvalue weighted by Gasteiger charge is 2.23. The van der Waals surface area contributed by atoms with Crippen LogP contribution in [0.15, 0.2) is 6.20 Å². The lowest BCUT2D eigenvalue weighted by atomic mass is 10.1. The van der Waals surface area contributed by atoms with Crippen LogP contribution in [0.25, 0.3) is 0 Å². The van der Waals surface area contributed by atoms with Gasteiger partial charge in [0.25, 0.3) is 5.91 Å². The van der Waals surface area contributed by atoms with Crippen LogP contribution in [-0.4, -0.2) is 44.8 Å². The predicted octanol–water partition coefficient (Wildman–Crippen LogP) is 1.17. The molecular formula is C13H21N3O3. The summed E-state index contributed by atoms with van der Waals surface area (Å²) < 4.78 is 1.61. The third kappa shape index (κ3) is 3.56. The minimum atomic E-state index is -0.895. The molecule has 0 aliphatic carbocycles. The molecule has 0 aliphatic rings. The van der Waals surface area contributed by atoms with Crippen molar-refractivity contribution < 1.29 is 14.7 Å². The molecule has 0 aliphatic heterocycles. The Hall–Kier alpha value is -1.85. The van der Waals surface area contributed by atoms with Crippen molar-refractivity contribution in [3.8, 4) is 0 Å². The molecule has 106 valence electrons. The standard InChI is InChI=1S/C13H21N3O3/c1-5-11-10(8-15(4)14-11)12(17)16(6-2)7-9(3)13(18)19/h8-9H,5-7H2,1-4H3,(H,18,19). The van der Waals surface area contributed by atoms with Gasteiger partial charge in [-0.1, -0.05) is 13.8 Å². The van der Waals surface area contributed by atoms with Gasteiger partial charge in [-0.05, 0) is 13.3 Å². The fraction of sp³-hybridized carbons (Fsp3) is 0.615. The summed E-state index contributed by atoms with van der Waals surface area (Å²) in [6, 6.07) is 0. The van der Waals surface area contributed by atoms with E-state index in [0.29, 0.717) is 18.5 Å². The van der Waals surface area contributed by atoms with Gasteiger partial charge in [0.05, 0.1) is 17.2 Å². The Morgan fingerprint density at radius 1 is 1.47 bits per heavy atom. The number of rotatable bonds is 6. The van der Waals surface area contributed by atoms with E-state index in [1.165, 1.54) is 0 Å². The van der Waals surface area contributed by atoms with Crippen molar-refractivity contribution in [1.29, 1.82) is 0 Å². The van der Waals surface area contributed by atoms with Crippen LogP contribution in [0.3, 0.4) is 0 Å². The highest BCUT2D eigenvalue weighted by molar-refractivity contribution is 5.95. The Kier molecular flexibility index (Phi) is 5.09. The van der Waals surface area contributed by atoms with Gasteiger partial charge in [0, 0.05) is 26.3 Å². The lowest BCUT2D eigenvalue weighted by Crippen LogP contribution is -2.37. The molecule has 0 saturated carbocycles. The molecule has 1 unspecified atom stereocenters.